The first kappa shape index (κ1) is 39.7. The summed E-state index contributed by atoms with van der Waals surface area (Å²) in [5.74, 6) is -0.0399. The average molecular weight is 763 g/mol. The number of amides is 2. The number of rotatable bonds is 12. The smallest absolute Gasteiger partial charge is 0.416 e. The number of benzene rings is 5. The van der Waals surface area contributed by atoms with Crippen LogP contribution in [0.2, 0.25) is 0 Å². The molecule has 56 heavy (non-hydrogen) atoms. The Balaban J connectivity index is 1.34. The van der Waals surface area contributed by atoms with Crippen molar-refractivity contribution in [1.29, 1.82) is 0 Å². The number of carbonyl (C=O) groups excluding carboxylic acids is 2. The van der Waals surface area contributed by atoms with Crippen LogP contribution in [0, 0.1) is 13.8 Å². The van der Waals surface area contributed by atoms with Crippen molar-refractivity contribution in [1.82, 2.24) is 20.3 Å². The SMILES string of the molecule is Cc1cc2nc(CC[C@H](NC(=O)OC(C)(C)C)C(=O)NOC(c3ccccc3)(c3ccccc3)c3ccccc3)n(Cc3ccc(C(F)(F)F)cc3)c2cc1C. The molecule has 6 rings (SSSR count). The molecule has 0 bridgehead atoms. The Morgan fingerprint density at radius 3 is 1.75 bits per heavy atom. The number of nitrogens with zero attached hydrogens (tertiary/aromatic N) is 2. The number of aryl methyl sites for hydroxylation is 3. The summed E-state index contributed by atoms with van der Waals surface area (Å²) in [6.45, 7) is 9.38. The zero-order valence-electron chi connectivity index (χ0n) is 32.0. The van der Waals surface area contributed by atoms with E-state index >= 15 is 0 Å². The highest BCUT2D eigenvalue weighted by Gasteiger charge is 2.40. The number of nitrogens with one attached hydrogen (secondary N) is 2. The Hall–Kier alpha value is -5.94. The number of carbonyl (C=O) groups is 2. The number of hydrogen-bond acceptors (Lipinski definition) is 5. The lowest BCUT2D eigenvalue weighted by Crippen LogP contribution is -2.50. The van der Waals surface area contributed by atoms with Gasteiger partial charge in [0.2, 0.25) is 0 Å². The normalized spacial score (nSPS) is 12.6. The fourth-order valence-corrected chi connectivity index (χ4v) is 6.66. The summed E-state index contributed by atoms with van der Waals surface area (Å²) >= 11 is 0. The van der Waals surface area contributed by atoms with Crippen molar-refractivity contribution in [3.63, 3.8) is 0 Å². The van der Waals surface area contributed by atoms with Gasteiger partial charge in [0.1, 0.15) is 17.5 Å². The summed E-state index contributed by atoms with van der Waals surface area (Å²) in [5, 5.41) is 2.74. The summed E-state index contributed by atoms with van der Waals surface area (Å²) in [6.07, 6.45) is -4.95. The molecular formula is C45H45F3N4O4. The molecule has 0 fully saturated rings. The Bertz CT molecular complexity index is 2170. The molecule has 1 atom stereocenters. The average Bonchev–Trinajstić information content (AvgIpc) is 3.49. The molecule has 2 N–H and O–H groups in total. The molecule has 0 unspecified atom stereocenters. The predicted molar refractivity (Wildman–Crippen MR) is 210 cm³/mol. The molecule has 5 aromatic carbocycles. The largest absolute Gasteiger partial charge is 0.444 e. The number of hydroxylamine groups is 1. The number of hydrogen-bond donors (Lipinski definition) is 2. The number of alkyl carbamates (subject to hydrolysis) is 1. The highest BCUT2D eigenvalue weighted by Crippen LogP contribution is 2.40. The van der Waals surface area contributed by atoms with E-state index in [9.17, 15) is 22.8 Å². The van der Waals surface area contributed by atoms with E-state index in [1.165, 1.54) is 12.1 Å². The Labute approximate surface area is 324 Å². The molecule has 1 aromatic heterocycles. The van der Waals surface area contributed by atoms with E-state index in [1.54, 1.807) is 20.8 Å². The topological polar surface area (TPSA) is 94.5 Å². The molecule has 0 radical (unpaired) electrons. The molecule has 2 amide bonds. The van der Waals surface area contributed by atoms with Crippen LogP contribution in [0.4, 0.5) is 18.0 Å². The molecule has 0 aliphatic rings. The first-order valence-corrected chi connectivity index (χ1v) is 18.4. The van der Waals surface area contributed by atoms with Gasteiger partial charge in [-0.3, -0.25) is 9.63 Å². The van der Waals surface area contributed by atoms with E-state index < -0.39 is 41.0 Å². The van der Waals surface area contributed by atoms with Crippen LogP contribution in [-0.2, 0) is 39.1 Å². The number of aromatic nitrogens is 2. The van der Waals surface area contributed by atoms with Gasteiger partial charge in [-0.15, -0.1) is 0 Å². The van der Waals surface area contributed by atoms with Gasteiger partial charge in [-0.2, -0.15) is 13.2 Å². The number of fused-ring (bicyclic) bond motifs is 1. The van der Waals surface area contributed by atoms with Crippen LogP contribution in [0.3, 0.4) is 0 Å². The van der Waals surface area contributed by atoms with E-state index in [-0.39, 0.29) is 19.4 Å². The van der Waals surface area contributed by atoms with Gasteiger partial charge in [0.05, 0.1) is 16.6 Å². The maximum atomic E-state index is 14.3. The summed E-state index contributed by atoms with van der Waals surface area (Å²) in [7, 11) is 0. The van der Waals surface area contributed by atoms with Crippen LogP contribution in [0.1, 0.15) is 72.0 Å². The fraction of sp³-hybridized carbons (Fsp3) is 0.267. The molecule has 0 saturated carbocycles. The standard InChI is InChI=1S/C45H45F3N4O4/c1-30-27-38-39(28-31(30)2)52(29-32-21-23-36(24-22-32)45(46,47)48)40(49-38)26-25-37(50-42(54)55-43(3,4)5)41(53)51-56-44(33-15-9-6-10-16-33,34-17-11-7-12-18-34)35-19-13-8-14-20-35/h6-24,27-28,37H,25-26,29H2,1-5H3,(H,50,54)(H,51,53)/t37-/m0/s1. The minimum atomic E-state index is -4.45. The second-order valence-corrected chi connectivity index (χ2v) is 14.8. The maximum Gasteiger partial charge on any atom is 0.416 e. The Morgan fingerprint density at radius 1 is 0.732 bits per heavy atom. The number of ether oxygens (including phenoxy) is 1. The van der Waals surface area contributed by atoms with E-state index in [2.05, 4.69) is 10.8 Å². The molecule has 0 aliphatic heterocycles. The van der Waals surface area contributed by atoms with Crippen molar-refractivity contribution in [2.75, 3.05) is 0 Å². The molecule has 1 heterocycles. The lowest BCUT2D eigenvalue weighted by atomic mass is 9.80. The van der Waals surface area contributed by atoms with E-state index in [4.69, 9.17) is 14.6 Å². The third-order valence-corrected chi connectivity index (χ3v) is 9.57. The van der Waals surface area contributed by atoms with Crippen LogP contribution >= 0.6 is 0 Å². The lowest BCUT2D eigenvalue weighted by molar-refractivity contribution is -0.145. The third-order valence-electron chi connectivity index (χ3n) is 9.57. The van der Waals surface area contributed by atoms with Crippen LogP contribution in [-0.4, -0.2) is 33.2 Å². The second kappa shape index (κ2) is 16.4. The van der Waals surface area contributed by atoms with E-state index in [0.29, 0.717) is 16.9 Å². The highest BCUT2D eigenvalue weighted by atomic mass is 19.4. The third kappa shape index (κ3) is 9.12. The van der Waals surface area contributed by atoms with Crippen molar-refractivity contribution in [3.8, 4) is 0 Å². The number of halogens is 3. The van der Waals surface area contributed by atoms with Crippen molar-refractivity contribution in [3.05, 3.63) is 172 Å². The quantitative estimate of drug-likeness (QED) is 0.0957. The minimum Gasteiger partial charge on any atom is -0.444 e. The van der Waals surface area contributed by atoms with Crippen molar-refractivity contribution >= 4 is 23.0 Å². The van der Waals surface area contributed by atoms with Gasteiger partial charge in [0, 0.05) is 13.0 Å². The number of imidazole rings is 1. The lowest BCUT2D eigenvalue weighted by Gasteiger charge is -2.35. The van der Waals surface area contributed by atoms with Crippen LogP contribution in [0.15, 0.2) is 127 Å². The van der Waals surface area contributed by atoms with E-state index in [0.717, 1.165) is 45.5 Å². The molecule has 0 aliphatic carbocycles. The van der Waals surface area contributed by atoms with Gasteiger partial charge in [0.15, 0.2) is 5.60 Å². The predicted octanol–water partition coefficient (Wildman–Crippen LogP) is 9.59. The van der Waals surface area contributed by atoms with Crippen LogP contribution in [0.25, 0.3) is 11.0 Å². The van der Waals surface area contributed by atoms with Gasteiger partial charge >= 0.3 is 12.3 Å². The summed E-state index contributed by atoms with van der Waals surface area (Å²) < 4.78 is 47.6. The van der Waals surface area contributed by atoms with Crippen LogP contribution < -0.4 is 10.8 Å². The maximum absolute atomic E-state index is 14.3. The molecular weight excluding hydrogens is 718 g/mol. The van der Waals surface area contributed by atoms with Gasteiger partial charge in [-0.1, -0.05) is 103 Å². The summed E-state index contributed by atoms with van der Waals surface area (Å²) in [4.78, 5) is 39.0. The van der Waals surface area contributed by atoms with Crippen molar-refractivity contribution < 1.29 is 32.3 Å². The van der Waals surface area contributed by atoms with Gasteiger partial charge in [-0.05, 0) is 98.7 Å². The summed E-state index contributed by atoms with van der Waals surface area (Å²) in [5.41, 5.74) is 6.35. The fourth-order valence-electron chi connectivity index (χ4n) is 6.66. The number of alkyl halides is 3. The molecule has 0 spiro atoms. The molecule has 290 valence electrons. The van der Waals surface area contributed by atoms with E-state index in [1.807, 2.05) is 122 Å². The van der Waals surface area contributed by atoms with Crippen LogP contribution in [0.5, 0.6) is 0 Å². The zero-order chi connectivity index (χ0) is 40.1. The molecule has 0 saturated heterocycles. The second-order valence-electron chi connectivity index (χ2n) is 14.8. The van der Waals surface area contributed by atoms with Gasteiger partial charge in [-0.25, -0.2) is 15.3 Å². The minimum absolute atomic E-state index is 0.0811. The zero-order valence-corrected chi connectivity index (χ0v) is 32.0. The first-order valence-electron chi connectivity index (χ1n) is 18.4. The van der Waals surface area contributed by atoms with Gasteiger partial charge in [0.25, 0.3) is 5.91 Å². The van der Waals surface area contributed by atoms with Crippen molar-refractivity contribution in [2.24, 2.45) is 0 Å². The molecule has 8 nitrogen and oxygen atoms in total. The Morgan fingerprint density at radius 2 is 1.25 bits per heavy atom. The van der Waals surface area contributed by atoms with Gasteiger partial charge < -0.3 is 14.6 Å². The summed E-state index contributed by atoms with van der Waals surface area (Å²) in [6, 6.07) is 36.5. The molecule has 11 heteroatoms. The first-order chi connectivity index (χ1) is 26.6. The highest BCUT2D eigenvalue weighted by molar-refractivity contribution is 5.85. The monoisotopic (exact) mass is 762 g/mol. The molecule has 6 aromatic rings. The Kier molecular flexibility index (Phi) is 11.7. The van der Waals surface area contributed by atoms with Crippen molar-refractivity contribution in [2.45, 2.75) is 77.4 Å².